The van der Waals surface area contributed by atoms with Crippen molar-refractivity contribution in [3.8, 4) is 0 Å². The van der Waals surface area contributed by atoms with Crippen LogP contribution in [0.15, 0.2) is 30.9 Å². The van der Waals surface area contributed by atoms with E-state index < -0.39 is 0 Å². The molecule has 5 heteroatoms. The maximum atomic E-state index is 4.26. The lowest BCUT2D eigenvalue weighted by Crippen LogP contribution is -2.26. The van der Waals surface area contributed by atoms with E-state index in [1.54, 1.807) is 12.7 Å². The molecule has 0 N–H and O–H groups in total. The zero-order valence-electron chi connectivity index (χ0n) is 10.3. The van der Waals surface area contributed by atoms with Gasteiger partial charge in [0.05, 0.1) is 0 Å². The summed E-state index contributed by atoms with van der Waals surface area (Å²) in [7, 11) is 0. The maximum Gasteiger partial charge on any atom is 0.232 e. The summed E-state index contributed by atoms with van der Waals surface area (Å²) >= 11 is 2.33. The van der Waals surface area contributed by atoms with E-state index >= 15 is 0 Å². The van der Waals surface area contributed by atoms with E-state index in [9.17, 15) is 0 Å². The minimum Gasteiger partial charge on any atom is -0.309 e. The second-order valence-electron chi connectivity index (χ2n) is 5.07. The lowest BCUT2D eigenvalue weighted by Gasteiger charge is -2.20. The van der Waals surface area contributed by atoms with Crippen LogP contribution >= 0.6 is 22.6 Å². The van der Waals surface area contributed by atoms with Crippen molar-refractivity contribution < 1.29 is 0 Å². The number of aromatic nitrogens is 3. The van der Waals surface area contributed by atoms with E-state index in [1.165, 1.54) is 14.8 Å². The van der Waals surface area contributed by atoms with Crippen LogP contribution < -0.4 is 4.90 Å². The van der Waals surface area contributed by atoms with Gasteiger partial charge in [-0.25, -0.2) is 15.0 Å². The van der Waals surface area contributed by atoms with Crippen molar-refractivity contribution in [3.05, 3.63) is 40.0 Å². The van der Waals surface area contributed by atoms with Crippen LogP contribution in [0.3, 0.4) is 0 Å². The van der Waals surface area contributed by atoms with Gasteiger partial charge in [0, 0.05) is 21.2 Å². The lowest BCUT2D eigenvalue weighted by atomic mass is 9.87. The normalized spacial score (nSPS) is 16.7. The molecule has 0 atom stereocenters. The molecule has 0 radical (unpaired) electrons. The Labute approximate surface area is 120 Å². The van der Waals surface area contributed by atoms with Gasteiger partial charge in [0.2, 0.25) is 5.95 Å². The predicted molar refractivity (Wildman–Crippen MR) is 79.0 cm³/mol. The fourth-order valence-corrected chi connectivity index (χ4v) is 2.89. The molecule has 0 saturated heterocycles. The molecule has 0 unspecified atom stereocenters. The maximum absolute atomic E-state index is 4.26. The standard InChI is InChI=1S/C13H13IN4/c1-13(2)6-18(12-16-7-15-8-17-12)11-5-9(14)3-4-10(11)13/h3-5,7-8H,6H2,1-2H3. The lowest BCUT2D eigenvalue weighted by molar-refractivity contribution is 0.566. The molecule has 0 aliphatic carbocycles. The van der Waals surface area contributed by atoms with Gasteiger partial charge in [0.25, 0.3) is 0 Å². The first-order valence-electron chi connectivity index (χ1n) is 5.77. The van der Waals surface area contributed by atoms with Gasteiger partial charge in [-0.15, -0.1) is 0 Å². The molecule has 1 aromatic carbocycles. The number of nitrogens with zero attached hydrogens (tertiary/aromatic N) is 4. The molecular weight excluding hydrogens is 339 g/mol. The SMILES string of the molecule is CC1(C)CN(c2ncncn2)c2cc(I)ccc21. The first-order chi connectivity index (χ1) is 8.58. The number of halogens is 1. The average molecular weight is 352 g/mol. The summed E-state index contributed by atoms with van der Waals surface area (Å²) in [4.78, 5) is 14.6. The van der Waals surface area contributed by atoms with Gasteiger partial charge in [-0.05, 0) is 40.3 Å². The average Bonchev–Trinajstić information content (AvgIpc) is 2.62. The highest BCUT2D eigenvalue weighted by Gasteiger charge is 2.36. The third-order valence-electron chi connectivity index (χ3n) is 3.25. The van der Waals surface area contributed by atoms with Gasteiger partial charge < -0.3 is 4.90 Å². The third-order valence-corrected chi connectivity index (χ3v) is 3.93. The fourth-order valence-electron chi connectivity index (χ4n) is 2.42. The molecule has 2 aromatic rings. The van der Waals surface area contributed by atoms with Crippen LogP contribution in [-0.4, -0.2) is 21.5 Å². The minimum atomic E-state index is 0.117. The Balaban J connectivity index is 2.14. The summed E-state index contributed by atoms with van der Waals surface area (Å²) in [6.07, 6.45) is 3.09. The molecule has 3 rings (SSSR count). The van der Waals surface area contributed by atoms with E-state index in [-0.39, 0.29) is 5.41 Å². The molecule has 4 nitrogen and oxygen atoms in total. The Hall–Kier alpha value is -1.24. The molecule has 0 fully saturated rings. The summed E-state index contributed by atoms with van der Waals surface area (Å²) in [5.74, 6) is 0.721. The van der Waals surface area contributed by atoms with Crippen LogP contribution in [0.2, 0.25) is 0 Å². The van der Waals surface area contributed by atoms with Crippen molar-refractivity contribution in [1.29, 1.82) is 0 Å². The van der Waals surface area contributed by atoms with Gasteiger partial charge >= 0.3 is 0 Å². The summed E-state index contributed by atoms with van der Waals surface area (Å²) in [5, 5.41) is 0. The van der Waals surface area contributed by atoms with Crippen molar-refractivity contribution in [3.63, 3.8) is 0 Å². The molecule has 18 heavy (non-hydrogen) atoms. The van der Waals surface area contributed by atoms with Crippen molar-refractivity contribution in [2.75, 3.05) is 11.4 Å². The highest BCUT2D eigenvalue weighted by molar-refractivity contribution is 14.1. The quantitative estimate of drug-likeness (QED) is 0.741. The molecule has 1 aliphatic heterocycles. The summed E-state index contributed by atoms with van der Waals surface area (Å²) < 4.78 is 1.23. The minimum absolute atomic E-state index is 0.117. The van der Waals surface area contributed by atoms with Gasteiger partial charge in [0.15, 0.2) is 0 Å². The van der Waals surface area contributed by atoms with Crippen LogP contribution in [0.4, 0.5) is 11.6 Å². The first-order valence-corrected chi connectivity index (χ1v) is 6.85. The number of fused-ring (bicyclic) bond motifs is 1. The molecule has 0 spiro atoms. The number of rotatable bonds is 1. The van der Waals surface area contributed by atoms with Gasteiger partial charge in [0.1, 0.15) is 12.7 Å². The largest absolute Gasteiger partial charge is 0.309 e. The van der Waals surface area contributed by atoms with E-state index in [1.807, 2.05) is 0 Å². The Morgan fingerprint density at radius 1 is 1.22 bits per heavy atom. The zero-order chi connectivity index (χ0) is 12.8. The Bertz CT molecular complexity index is 583. The molecule has 0 amide bonds. The molecule has 2 heterocycles. The molecule has 1 aliphatic rings. The predicted octanol–water partition coefficient (Wildman–Crippen LogP) is 2.91. The van der Waals surface area contributed by atoms with Crippen molar-refractivity contribution in [1.82, 2.24) is 15.0 Å². The highest BCUT2D eigenvalue weighted by Crippen LogP contribution is 2.43. The van der Waals surface area contributed by atoms with E-state index in [0.29, 0.717) is 0 Å². The zero-order valence-corrected chi connectivity index (χ0v) is 12.4. The molecule has 0 bridgehead atoms. The van der Waals surface area contributed by atoms with Crippen molar-refractivity contribution in [2.24, 2.45) is 0 Å². The second-order valence-corrected chi connectivity index (χ2v) is 6.32. The van der Waals surface area contributed by atoms with Crippen LogP contribution in [0.1, 0.15) is 19.4 Å². The number of benzene rings is 1. The Kier molecular flexibility index (Phi) is 2.73. The van der Waals surface area contributed by atoms with Crippen molar-refractivity contribution >= 4 is 34.2 Å². The molecule has 0 saturated carbocycles. The van der Waals surface area contributed by atoms with Gasteiger partial charge in [-0.2, -0.15) is 0 Å². The summed E-state index contributed by atoms with van der Waals surface area (Å²) in [5.41, 5.74) is 2.67. The van der Waals surface area contributed by atoms with Crippen LogP contribution in [-0.2, 0) is 5.41 Å². The Morgan fingerprint density at radius 2 is 1.94 bits per heavy atom. The summed E-state index contributed by atoms with van der Waals surface area (Å²) in [6.45, 7) is 5.40. The fraction of sp³-hybridized carbons (Fsp3) is 0.308. The number of hydrogen-bond acceptors (Lipinski definition) is 4. The molecule has 92 valence electrons. The van der Waals surface area contributed by atoms with Crippen molar-refractivity contribution in [2.45, 2.75) is 19.3 Å². The van der Waals surface area contributed by atoms with Crippen LogP contribution in [0, 0.1) is 3.57 Å². The van der Waals surface area contributed by atoms with Gasteiger partial charge in [-0.3, -0.25) is 0 Å². The monoisotopic (exact) mass is 352 g/mol. The topological polar surface area (TPSA) is 41.9 Å². The molecule has 1 aromatic heterocycles. The van der Waals surface area contributed by atoms with E-state index in [2.05, 4.69) is 74.5 Å². The third kappa shape index (κ3) is 1.86. The number of hydrogen-bond donors (Lipinski definition) is 0. The second kappa shape index (κ2) is 4.15. The smallest absolute Gasteiger partial charge is 0.232 e. The number of anilines is 2. The van der Waals surface area contributed by atoms with Gasteiger partial charge in [-0.1, -0.05) is 19.9 Å². The van der Waals surface area contributed by atoms with E-state index in [4.69, 9.17) is 0 Å². The van der Waals surface area contributed by atoms with Crippen LogP contribution in [0.5, 0.6) is 0 Å². The highest BCUT2D eigenvalue weighted by atomic mass is 127. The Morgan fingerprint density at radius 3 is 2.67 bits per heavy atom. The molecular formula is C13H13IN4. The summed E-state index contributed by atoms with van der Waals surface area (Å²) in [6, 6.07) is 6.55. The van der Waals surface area contributed by atoms with E-state index in [0.717, 1.165) is 12.5 Å². The first kappa shape index (κ1) is 11.8. The van der Waals surface area contributed by atoms with Crippen LogP contribution in [0.25, 0.3) is 0 Å².